The van der Waals surface area contributed by atoms with Crippen LogP contribution in [0.2, 0.25) is 0 Å². The van der Waals surface area contributed by atoms with Gasteiger partial charge in [-0.1, -0.05) is 0 Å². The monoisotopic (exact) mass is 366 g/mol. The number of amides is 1. The number of methoxy groups -OCH3 is 1. The Balaban J connectivity index is 2.09. The quantitative estimate of drug-likeness (QED) is 0.722. The Kier molecular flexibility index (Phi) is 6.35. The lowest BCUT2D eigenvalue weighted by atomic mass is 10.1. The second-order valence-electron chi connectivity index (χ2n) is 5.52. The van der Waals surface area contributed by atoms with E-state index in [0.717, 1.165) is 0 Å². The Labute approximate surface area is 147 Å². The van der Waals surface area contributed by atoms with E-state index in [2.05, 4.69) is 4.72 Å². The van der Waals surface area contributed by atoms with E-state index in [1.165, 1.54) is 31.4 Å². The largest absolute Gasteiger partial charge is 0.467 e. The van der Waals surface area contributed by atoms with Crippen LogP contribution in [0.3, 0.4) is 0 Å². The maximum absolute atomic E-state index is 12.6. The summed E-state index contributed by atoms with van der Waals surface area (Å²) in [6.07, 6.45) is 1.56. The van der Waals surface area contributed by atoms with Crippen LogP contribution in [0.25, 0.3) is 0 Å². The van der Waals surface area contributed by atoms with Gasteiger partial charge in [-0.2, -0.15) is 0 Å². The van der Waals surface area contributed by atoms with Crippen molar-refractivity contribution in [3.63, 3.8) is 0 Å². The summed E-state index contributed by atoms with van der Waals surface area (Å²) in [5, 5.41) is 0. The number of carbonyl (C=O) groups is 1. The van der Waals surface area contributed by atoms with E-state index >= 15 is 0 Å². The summed E-state index contributed by atoms with van der Waals surface area (Å²) in [5.41, 5.74) is 0.400. The molecule has 0 radical (unpaired) electrons. The Bertz CT molecular complexity index is 785. The van der Waals surface area contributed by atoms with Crippen LogP contribution in [-0.2, 0) is 14.8 Å². The van der Waals surface area contributed by atoms with Crippen LogP contribution < -0.4 is 4.72 Å². The standard InChI is InChI=1S/C17H22N2O5S/c1-13(16-5-4-11-24-16)19(2)17(20)14-6-8-15(9-7-14)25(21,22)18-10-12-23-3/h4-9,11,13,18H,10,12H2,1-3H3. The van der Waals surface area contributed by atoms with Gasteiger partial charge in [0.2, 0.25) is 10.0 Å². The molecule has 0 bridgehead atoms. The van der Waals surface area contributed by atoms with Gasteiger partial charge >= 0.3 is 0 Å². The average molecular weight is 366 g/mol. The maximum Gasteiger partial charge on any atom is 0.254 e. The smallest absolute Gasteiger partial charge is 0.254 e. The summed E-state index contributed by atoms with van der Waals surface area (Å²) in [7, 11) is -0.449. The van der Waals surface area contributed by atoms with Gasteiger partial charge in [0.25, 0.3) is 5.91 Å². The van der Waals surface area contributed by atoms with E-state index < -0.39 is 10.0 Å². The van der Waals surface area contributed by atoms with Crippen LogP contribution in [0.15, 0.2) is 52.0 Å². The molecule has 0 aliphatic carbocycles. The molecule has 7 nitrogen and oxygen atoms in total. The molecule has 1 amide bonds. The lowest BCUT2D eigenvalue weighted by molar-refractivity contribution is 0.0726. The first-order chi connectivity index (χ1) is 11.9. The minimum atomic E-state index is -3.62. The van der Waals surface area contributed by atoms with Crippen LogP contribution >= 0.6 is 0 Å². The molecular weight excluding hydrogens is 344 g/mol. The summed E-state index contributed by atoms with van der Waals surface area (Å²) in [6, 6.07) is 9.15. The molecule has 1 N–H and O–H groups in total. The van der Waals surface area contributed by atoms with Crippen molar-refractivity contribution in [1.29, 1.82) is 0 Å². The molecule has 1 heterocycles. The fraction of sp³-hybridized carbons (Fsp3) is 0.353. The van der Waals surface area contributed by atoms with E-state index in [4.69, 9.17) is 9.15 Å². The summed E-state index contributed by atoms with van der Waals surface area (Å²) >= 11 is 0. The molecule has 1 aromatic carbocycles. The lowest BCUT2D eigenvalue weighted by Gasteiger charge is -2.23. The van der Waals surface area contributed by atoms with Crippen LogP contribution in [-0.4, -0.2) is 46.5 Å². The Morgan fingerprint density at radius 2 is 1.96 bits per heavy atom. The SMILES string of the molecule is COCCNS(=O)(=O)c1ccc(C(=O)N(C)C(C)c2ccco2)cc1. The van der Waals surface area contributed by atoms with Gasteiger partial charge < -0.3 is 14.1 Å². The number of rotatable bonds is 8. The highest BCUT2D eigenvalue weighted by Gasteiger charge is 2.21. The highest BCUT2D eigenvalue weighted by atomic mass is 32.2. The van der Waals surface area contributed by atoms with Crippen molar-refractivity contribution in [2.24, 2.45) is 0 Å². The Morgan fingerprint density at radius 3 is 2.52 bits per heavy atom. The van der Waals surface area contributed by atoms with Crippen LogP contribution in [0.1, 0.15) is 29.1 Å². The van der Waals surface area contributed by atoms with Gasteiger partial charge in [-0.3, -0.25) is 4.79 Å². The average Bonchev–Trinajstić information content (AvgIpc) is 3.14. The Hall–Kier alpha value is -2.16. The zero-order valence-electron chi connectivity index (χ0n) is 14.4. The lowest BCUT2D eigenvalue weighted by Crippen LogP contribution is -2.30. The number of carbonyl (C=O) groups excluding carboxylic acids is 1. The van der Waals surface area contributed by atoms with Crippen molar-refractivity contribution in [3.05, 3.63) is 54.0 Å². The fourth-order valence-corrected chi connectivity index (χ4v) is 3.25. The molecule has 0 saturated carbocycles. The molecule has 1 aromatic heterocycles. The maximum atomic E-state index is 12.6. The van der Waals surface area contributed by atoms with Gasteiger partial charge in [0.15, 0.2) is 0 Å². The normalized spacial score (nSPS) is 12.8. The van der Waals surface area contributed by atoms with E-state index in [9.17, 15) is 13.2 Å². The number of nitrogens with one attached hydrogen (secondary N) is 1. The van der Waals surface area contributed by atoms with Gasteiger partial charge in [-0.05, 0) is 43.3 Å². The number of hydrogen-bond donors (Lipinski definition) is 1. The van der Waals surface area contributed by atoms with Crippen molar-refractivity contribution < 1.29 is 22.4 Å². The number of nitrogens with zero attached hydrogens (tertiary/aromatic N) is 1. The molecule has 0 fully saturated rings. The van der Waals surface area contributed by atoms with E-state index in [1.54, 1.807) is 30.3 Å². The first-order valence-electron chi connectivity index (χ1n) is 7.76. The number of furan rings is 1. The second kappa shape index (κ2) is 8.28. The molecule has 0 saturated heterocycles. The van der Waals surface area contributed by atoms with Crippen molar-refractivity contribution in [3.8, 4) is 0 Å². The minimum Gasteiger partial charge on any atom is -0.467 e. The van der Waals surface area contributed by atoms with Gasteiger partial charge in [0.1, 0.15) is 5.76 Å². The zero-order chi connectivity index (χ0) is 18.4. The predicted molar refractivity (Wildman–Crippen MR) is 92.7 cm³/mol. The molecule has 1 atom stereocenters. The molecule has 25 heavy (non-hydrogen) atoms. The molecule has 0 spiro atoms. The van der Waals surface area contributed by atoms with Crippen molar-refractivity contribution in [2.75, 3.05) is 27.3 Å². The minimum absolute atomic E-state index is 0.0990. The van der Waals surface area contributed by atoms with Crippen molar-refractivity contribution in [2.45, 2.75) is 17.9 Å². The molecule has 0 aliphatic rings. The zero-order valence-corrected chi connectivity index (χ0v) is 15.2. The molecule has 136 valence electrons. The van der Waals surface area contributed by atoms with Crippen molar-refractivity contribution in [1.82, 2.24) is 9.62 Å². The van der Waals surface area contributed by atoms with E-state index in [0.29, 0.717) is 11.3 Å². The van der Waals surface area contributed by atoms with Crippen LogP contribution in [0.5, 0.6) is 0 Å². The molecule has 1 unspecified atom stereocenters. The van der Waals surface area contributed by atoms with E-state index in [-0.39, 0.29) is 30.0 Å². The summed E-state index contributed by atoms with van der Waals surface area (Å²) in [4.78, 5) is 14.2. The Morgan fingerprint density at radius 1 is 1.28 bits per heavy atom. The van der Waals surface area contributed by atoms with E-state index in [1.807, 2.05) is 6.92 Å². The molecule has 8 heteroatoms. The summed E-state index contributed by atoms with van der Waals surface area (Å²) in [5.74, 6) is 0.456. The van der Waals surface area contributed by atoms with Gasteiger partial charge in [-0.15, -0.1) is 0 Å². The first-order valence-corrected chi connectivity index (χ1v) is 9.24. The third-order valence-corrected chi connectivity index (χ3v) is 5.34. The highest BCUT2D eigenvalue weighted by Crippen LogP contribution is 2.21. The van der Waals surface area contributed by atoms with Crippen molar-refractivity contribution >= 4 is 15.9 Å². The fourth-order valence-electron chi connectivity index (χ4n) is 2.24. The number of hydrogen-bond acceptors (Lipinski definition) is 5. The topological polar surface area (TPSA) is 88.8 Å². The number of sulfonamides is 1. The third-order valence-electron chi connectivity index (χ3n) is 3.87. The second-order valence-corrected chi connectivity index (χ2v) is 7.29. The summed E-state index contributed by atoms with van der Waals surface area (Å²) in [6.45, 7) is 2.32. The van der Waals surface area contributed by atoms with Gasteiger partial charge in [0.05, 0.1) is 23.8 Å². The molecule has 2 rings (SSSR count). The molecular formula is C17H22N2O5S. The van der Waals surface area contributed by atoms with Crippen LogP contribution in [0, 0.1) is 0 Å². The predicted octanol–water partition coefficient (Wildman–Crippen LogP) is 2.04. The van der Waals surface area contributed by atoms with Gasteiger partial charge in [-0.25, -0.2) is 13.1 Å². The third kappa shape index (κ3) is 4.68. The van der Waals surface area contributed by atoms with Gasteiger partial charge in [0, 0.05) is 26.3 Å². The molecule has 2 aromatic rings. The van der Waals surface area contributed by atoms with Crippen LogP contribution in [0.4, 0.5) is 0 Å². The first kappa shape index (κ1) is 19.2. The highest BCUT2D eigenvalue weighted by molar-refractivity contribution is 7.89. The number of benzene rings is 1. The molecule has 0 aliphatic heterocycles. The summed E-state index contributed by atoms with van der Waals surface area (Å²) < 4.78 is 36.8. The number of ether oxygens (including phenoxy) is 1.